The smallest absolute Gasteiger partial charge is 0.0534 e. The third-order valence-electron chi connectivity index (χ3n) is 2.98. The highest BCUT2D eigenvalue weighted by molar-refractivity contribution is 4.92. The van der Waals surface area contributed by atoms with E-state index in [2.05, 4.69) is 26.1 Å². The maximum absolute atomic E-state index is 5.56. The van der Waals surface area contributed by atoms with Gasteiger partial charge in [0.25, 0.3) is 0 Å². The minimum Gasteiger partial charge on any atom is -0.381 e. The zero-order valence-electron chi connectivity index (χ0n) is 9.23. The van der Waals surface area contributed by atoms with Crippen LogP contribution >= 0.6 is 0 Å². The van der Waals surface area contributed by atoms with Crippen LogP contribution in [0.15, 0.2) is 0 Å². The highest BCUT2D eigenvalue weighted by atomic mass is 16.5. The van der Waals surface area contributed by atoms with Gasteiger partial charge < -0.3 is 10.1 Å². The molecule has 2 heteroatoms. The summed E-state index contributed by atoms with van der Waals surface area (Å²) in [5.41, 5.74) is 0.381. The summed E-state index contributed by atoms with van der Waals surface area (Å²) in [5.74, 6) is 0.901. The van der Waals surface area contributed by atoms with E-state index in [1.54, 1.807) is 0 Å². The molecule has 1 rings (SSSR count). The maximum atomic E-state index is 5.56. The molecule has 1 aliphatic rings. The molecule has 0 saturated heterocycles. The van der Waals surface area contributed by atoms with Crippen molar-refractivity contribution in [3.63, 3.8) is 0 Å². The molecule has 0 aromatic heterocycles. The average Bonchev–Trinajstić information content (AvgIpc) is 2.94. The molecule has 0 spiro atoms. The number of rotatable bonds is 7. The second kappa shape index (κ2) is 4.97. The molecule has 1 unspecified atom stereocenters. The Hall–Kier alpha value is -0.0800. The Balaban J connectivity index is 2.32. The predicted octanol–water partition coefficient (Wildman–Crippen LogP) is 2.05. The zero-order valence-corrected chi connectivity index (χ0v) is 9.23. The van der Waals surface area contributed by atoms with Crippen LogP contribution < -0.4 is 5.32 Å². The molecule has 0 aromatic carbocycles. The second-order valence-corrected chi connectivity index (χ2v) is 4.35. The van der Waals surface area contributed by atoms with E-state index in [0.717, 1.165) is 32.2 Å². The summed E-state index contributed by atoms with van der Waals surface area (Å²) in [5, 5.41) is 3.44. The molecule has 0 amide bonds. The highest BCUT2D eigenvalue weighted by Crippen LogP contribution is 2.45. The Morgan fingerprint density at radius 3 is 2.54 bits per heavy atom. The van der Waals surface area contributed by atoms with Gasteiger partial charge in [0, 0.05) is 18.6 Å². The Morgan fingerprint density at radius 1 is 1.38 bits per heavy atom. The molecule has 0 aromatic rings. The molecule has 1 saturated carbocycles. The Morgan fingerprint density at radius 2 is 2.08 bits per heavy atom. The Labute approximate surface area is 82.0 Å². The van der Waals surface area contributed by atoms with Crippen molar-refractivity contribution in [2.75, 3.05) is 26.3 Å². The van der Waals surface area contributed by atoms with Crippen LogP contribution in [0.4, 0.5) is 0 Å². The van der Waals surface area contributed by atoms with Crippen LogP contribution in [0.1, 0.15) is 33.6 Å². The fourth-order valence-corrected chi connectivity index (χ4v) is 1.84. The number of nitrogens with one attached hydrogen (secondary N) is 1. The van der Waals surface area contributed by atoms with Crippen molar-refractivity contribution in [1.82, 2.24) is 5.32 Å². The van der Waals surface area contributed by atoms with Crippen LogP contribution in [0.2, 0.25) is 0 Å². The maximum Gasteiger partial charge on any atom is 0.0534 e. The molecule has 13 heavy (non-hydrogen) atoms. The van der Waals surface area contributed by atoms with E-state index in [1.165, 1.54) is 12.8 Å². The molecule has 1 atom stereocenters. The number of hydrogen-bond acceptors (Lipinski definition) is 2. The summed E-state index contributed by atoms with van der Waals surface area (Å²) in [7, 11) is 0. The van der Waals surface area contributed by atoms with Crippen LogP contribution in [-0.2, 0) is 4.74 Å². The SMILES string of the molecule is CCNCC(C)(COCC)C1CC1. The van der Waals surface area contributed by atoms with Crippen molar-refractivity contribution in [2.24, 2.45) is 11.3 Å². The lowest BCUT2D eigenvalue weighted by molar-refractivity contribution is 0.0476. The third kappa shape index (κ3) is 3.28. The fourth-order valence-electron chi connectivity index (χ4n) is 1.84. The van der Waals surface area contributed by atoms with Crippen molar-refractivity contribution >= 4 is 0 Å². The summed E-state index contributed by atoms with van der Waals surface area (Å²) in [4.78, 5) is 0. The van der Waals surface area contributed by atoms with Gasteiger partial charge >= 0.3 is 0 Å². The van der Waals surface area contributed by atoms with E-state index in [-0.39, 0.29) is 0 Å². The van der Waals surface area contributed by atoms with Gasteiger partial charge in [-0.05, 0) is 32.2 Å². The Kier molecular flexibility index (Phi) is 4.20. The lowest BCUT2D eigenvalue weighted by atomic mass is 9.85. The molecule has 1 N–H and O–H groups in total. The normalized spacial score (nSPS) is 21.5. The number of hydrogen-bond donors (Lipinski definition) is 1. The highest BCUT2D eigenvalue weighted by Gasteiger charge is 2.41. The van der Waals surface area contributed by atoms with E-state index in [9.17, 15) is 0 Å². The summed E-state index contributed by atoms with van der Waals surface area (Å²) in [6.45, 7) is 10.5. The lowest BCUT2D eigenvalue weighted by Crippen LogP contribution is -2.37. The second-order valence-electron chi connectivity index (χ2n) is 4.35. The van der Waals surface area contributed by atoms with Crippen molar-refractivity contribution in [1.29, 1.82) is 0 Å². The topological polar surface area (TPSA) is 21.3 Å². The first kappa shape index (κ1) is 11.0. The van der Waals surface area contributed by atoms with Crippen LogP contribution in [0, 0.1) is 11.3 Å². The quantitative estimate of drug-likeness (QED) is 0.655. The number of ether oxygens (including phenoxy) is 1. The van der Waals surface area contributed by atoms with Crippen LogP contribution in [0.5, 0.6) is 0 Å². The molecule has 0 heterocycles. The molecular weight excluding hydrogens is 162 g/mol. The van der Waals surface area contributed by atoms with Gasteiger partial charge in [-0.2, -0.15) is 0 Å². The van der Waals surface area contributed by atoms with E-state index >= 15 is 0 Å². The standard InChI is InChI=1S/C11H23NO/c1-4-12-8-11(3,9-13-5-2)10-6-7-10/h10,12H,4-9H2,1-3H3. The largest absolute Gasteiger partial charge is 0.381 e. The first-order chi connectivity index (χ1) is 6.23. The average molecular weight is 185 g/mol. The van der Waals surface area contributed by atoms with Gasteiger partial charge in [-0.25, -0.2) is 0 Å². The molecule has 1 fully saturated rings. The summed E-state index contributed by atoms with van der Waals surface area (Å²) in [6, 6.07) is 0. The van der Waals surface area contributed by atoms with Crippen molar-refractivity contribution < 1.29 is 4.74 Å². The van der Waals surface area contributed by atoms with Gasteiger partial charge in [-0.15, -0.1) is 0 Å². The monoisotopic (exact) mass is 185 g/mol. The van der Waals surface area contributed by atoms with Crippen molar-refractivity contribution in [3.8, 4) is 0 Å². The van der Waals surface area contributed by atoms with E-state index in [1.807, 2.05) is 0 Å². The van der Waals surface area contributed by atoms with Gasteiger partial charge in [0.2, 0.25) is 0 Å². The van der Waals surface area contributed by atoms with Crippen LogP contribution in [0.25, 0.3) is 0 Å². The molecule has 1 aliphatic carbocycles. The first-order valence-corrected chi connectivity index (χ1v) is 5.51. The third-order valence-corrected chi connectivity index (χ3v) is 2.98. The predicted molar refractivity (Wildman–Crippen MR) is 55.9 cm³/mol. The van der Waals surface area contributed by atoms with Crippen LogP contribution in [0.3, 0.4) is 0 Å². The van der Waals surface area contributed by atoms with Gasteiger partial charge in [-0.1, -0.05) is 13.8 Å². The zero-order chi connectivity index (χ0) is 9.73. The van der Waals surface area contributed by atoms with Crippen molar-refractivity contribution in [3.05, 3.63) is 0 Å². The Bertz CT molecular complexity index is 135. The van der Waals surface area contributed by atoms with Gasteiger partial charge in [0.05, 0.1) is 6.61 Å². The molecule has 2 nitrogen and oxygen atoms in total. The van der Waals surface area contributed by atoms with Gasteiger partial charge in [0.1, 0.15) is 0 Å². The minimum absolute atomic E-state index is 0.381. The lowest BCUT2D eigenvalue weighted by Gasteiger charge is -2.29. The van der Waals surface area contributed by atoms with E-state index in [4.69, 9.17) is 4.74 Å². The van der Waals surface area contributed by atoms with E-state index in [0.29, 0.717) is 5.41 Å². The molecular formula is C11H23NO. The molecule has 0 aliphatic heterocycles. The summed E-state index contributed by atoms with van der Waals surface area (Å²) in [6.07, 6.45) is 2.80. The molecule has 0 radical (unpaired) electrons. The van der Waals surface area contributed by atoms with Crippen LogP contribution in [-0.4, -0.2) is 26.3 Å². The summed E-state index contributed by atoms with van der Waals surface area (Å²) >= 11 is 0. The fraction of sp³-hybridized carbons (Fsp3) is 1.00. The van der Waals surface area contributed by atoms with Gasteiger partial charge in [0.15, 0.2) is 0 Å². The molecule has 78 valence electrons. The van der Waals surface area contributed by atoms with Crippen molar-refractivity contribution in [2.45, 2.75) is 33.6 Å². The molecule has 0 bridgehead atoms. The van der Waals surface area contributed by atoms with E-state index < -0.39 is 0 Å². The summed E-state index contributed by atoms with van der Waals surface area (Å²) < 4.78 is 5.56. The first-order valence-electron chi connectivity index (χ1n) is 5.51. The minimum atomic E-state index is 0.381. The van der Waals surface area contributed by atoms with Gasteiger partial charge in [-0.3, -0.25) is 0 Å².